The third kappa shape index (κ3) is 5.77. The van der Waals surface area contributed by atoms with Crippen LogP contribution in [0.5, 0.6) is 5.88 Å². The second kappa shape index (κ2) is 10.4. The van der Waals surface area contributed by atoms with Gasteiger partial charge in [-0.2, -0.15) is 4.31 Å². The number of pyridine rings is 1. The fraction of sp³-hybridized carbons (Fsp3) is 0.208. The molecule has 176 valence electrons. The lowest BCUT2D eigenvalue weighted by molar-refractivity contribution is -0.122. The van der Waals surface area contributed by atoms with Crippen molar-refractivity contribution in [2.45, 2.75) is 18.0 Å². The summed E-state index contributed by atoms with van der Waals surface area (Å²) in [5.74, 6) is -0.225. The van der Waals surface area contributed by atoms with Gasteiger partial charge in [0, 0.05) is 37.5 Å². The number of carbonyl (C=O) groups is 2. The zero-order chi connectivity index (χ0) is 24.0. The molecule has 1 fully saturated rings. The van der Waals surface area contributed by atoms with Crippen molar-refractivity contribution in [1.82, 2.24) is 19.9 Å². The van der Waals surface area contributed by atoms with Gasteiger partial charge in [-0.3, -0.25) is 9.59 Å². The Balaban J connectivity index is 1.34. The molecule has 1 aromatic heterocycles. The third-order valence-corrected chi connectivity index (χ3v) is 7.10. The van der Waals surface area contributed by atoms with E-state index in [1.165, 1.54) is 24.3 Å². The van der Waals surface area contributed by atoms with E-state index >= 15 is 0 Å². The standard InChI is InChI=1S/C24H24N4O5S/c29-22-16-28(13-12-25-22)34(31,32)21-8-6-20(7-9-21)24(30)27-15-19-10-11-26-23(14-19)33-17-18-4-2-1-3-5-18/h1-11,14H,12-13,15-17H2,(H,25,29)(H,27,30). The van der Waals surface area contributed by atoms with Crippen LogP contribution in [0.3, 0.4) is 0 Å². The molecule has 0 aliphatic carbocycles. The number of piperazine rings is 1. The minimum atomic E-state index is -3.80. The van der Waals surface area contributed by atoms with E-state index in [0.29, 0.717) is 18.1 Å². The summed E-state index contributed by atoms with van der Waals surface area (Å²) in [4.78, 5) is 28.3. The maximum absolute atomic E-state index is 12.7. The zero-order valence-corrected chi connectivity index (χ0v) is 19.1. The molecule has 1 saturated heterocycles. The molecule has 4 rings (SSSR count). The Morgan fingerprint density at radius 3 is 2.56 bits per heavy atom. The van der Waals surface area contributed by atoms with Crippen molar-refractivity contribution in [1.29, 1.82) is 0 Å². The molecule has 9 nitrogen and oxygen atoms in total. The third-order valence-electron chi connectivity index (χ3n) is 5.24. The topological polar surface area (TPSA) is 118 Å². The summed E-state index contributed by atoms with van der Waals surface area (Å²) in [5, 5.41) is 5.40. The first-order valence-corrected chi connectivity index (χ1v) is 12.1. The van der Waals surface area contributed by atoms with Crippen molar-refractivity contribution >= 4 is 21.8 Å². The Bertz CT molecular complexity index is 1260. The van der Waals surface area contributed by atoms with Gasteiger partial charge in [0.1, 0.15) is 6.61 Å². The van der Waals surface area contributed by atoms with Crippen LogP contribution in [0.4, 0.5) is 0 Å². The number of carbonyl (C=O) groups excluding carboxylic acids is 2. The first-order chi connectivity index (χ1) is 16.4. The minimum absolute atomic E-state index is 0.0353. The van der Waals surface area contributed by atoms with Crippen LogP contribution < -0.4 is 15.4 Å². The number of aromatic nitrogens is 1. The summed E-state index contributed by atoms with van der Waals surface area (Å²) in [7, 11) is -3.80. The highest BCUT2D eigenvalue weighted by atomic mass is 32.2. The van der Waals surface area contributed by atoms with Crippen LogP contribution in [-0.2, 0) is 28.0 Å². The Morgan fingerprint density at radius 1 is 1.06 bits per heavy atom. The molecule has 0 atom stereocenters. The molecule has 0 spiro atoms. The van der Waals surface area contributed by atoms with Crippen LogP contribution in [0.15, 0.2) is 77.8 Å². The summed E-state index contributed by atoms with van der Waals surface area (Å²) in [6, 6.07) is 18.9. The average molecular weight is 481 g/mol. The molecule has 0 saturated carbocycles. The van der Waals surface area contributed by atoms with Crippen LogP contribution in [0.1, 0.15) is 21.5 Å². The van der Waals surface area contributed by atoms with Crippen LogP contribution in [0, 0.1) is 0 Å². The molecule has 0 bridgehead atoms. The van der Waals surface area contributed by atoms with E-state index in [9.17, 15) is 18.0 Å². The number of ether oxygens (including phenoxy) is 1. The van der Waals surface area contributed by atoms with Crippen molar-refractivity contribution < 1.29 is 22.7 Å². The molecule has 10 heteroatoms. The second-order valence-corrected chi connectivity index (χ2v) is 9.61. The molecule has 2 amide bonds. The highest BCUT2D eigenvalue weighted by Gasteiger charge is 2.29. The first-order valence-electron chi connectivity index (χ1n) is 10.7. The van der Waals surface area contributed by atoms with E-state index < -0.39 is 10.0 Å². The number of hydrogen-bond donors (Lipinski definition) is 2. The number of benzene rings is 2. The molecule has 2 heterocycles. The molecule has 2 N–H and O–H groups in total. The van der Waals surface area contributed by atoms with Crippen molar-refractivity contribution in [3.05, 3.63) is 89.6 Å². The second-order valence-electron chi connectivity index (χ2n) is 7.67. The highest BCUT2D eigenvalue weighted by molar-refractivity contribution is 7.89. The predicted octanol–water partition coefficient (Wildman–Crippen LogP) is 1.71. The summed E-state index contributed by atoms with van der Waals surface area (Å²) in [6.07, 6.45) is 1.61. The Morgan fingerprint density at radius 2 is 1.82 bits per heavy atom. The van der Waals surface area contributed by atoms with E-state index in [2.05, 4.69) is 15.6 Å². The molecule has 1 aliphatic rings. The zero-order valence-electron chi connectivity index (χ0n) is 18.3. The summed E-state index contributed by atoms with van der Waals surface area (Å²) < 4.78 is 32.3. The number of amides is 2. The van der Waals surface area contributed by atoms with Gasteiger partial charge < -0.3 is 15.4 Å². The first kappa shape index (κ1) is 23.4. The number of nitrogens with one attached hydrogen (secondary N) is 2. The number of hydrogen-bond acceptors (Lipinski definition) is 6. The predicted molar refractivity (Wildman–Crippen MR) is 124 cm³/mol. The Kier molecular flexibility index (Phi) is 7.19. The van der Waals surface area contributed by atoms with Gasteiger partial charge in [-0.15, -0.1) is 0 Å². The van der Waals surface area contributed by atoms with Gasteiger partial charge in [0.2, 0.25) is 21.8 Å². The van der Waals surface area contributed by atoms with Crippen molar-refractivity contribution in [2.75, 3.05) is 19.6 Å². The van der Waals surface area contributed by atoms with Gasteiger partial charge in [0.15, 0.2) is 0 Å². The maximum atomic E-state index is 12.7. The van der Waals surface area contributed by atoms with Crippen LogP contribution >= 0.6 is 0 Å². The SMILES string of the molecule is O=C1CN(S(=O)(=O)c2ccc(C(=O)NCc3ccnc(OCc4ccccc4)c3)cc2)CCN1. The van der Waals surface area contributed by atoms with E-state index in [4.69, 9.17) is 4.74 Å². The van der Waals surface area contributed by atoms with Gasteiger partial charge in [0.05, 0.1) is 11.4 Å². The van der Waals surface area contributed by atoms with E-state index in [1.54, 1.807) is 18.3 Å². The highest BCUT2D eigenvalue weighted by Crippen LogP contribution is 2.17. The van der Waals surface area contributed by atoms with Crippen LogP contribution in [0.25, 0.3) is 0 Å². The number of rotatable bonds is 8. The maximum Gasteiger partial charge on any atom is 0.251 e. The van der Waals surface area contributed by atoms with Crippen molar-refractivity contribution in [2.24, 2.45) is 0 Å². The van der Waals surface area contributed by atoms with Crippen LogP contribution in [-0.4, -0.2) is 49.2 Å². The molecular formula is C24H24N4O5S. The van der Waals surface area contributed by atoms with Gasteiger partial charge in [-0.05, 0) is 41.5 Å². The van der Waals surface area contributed by atoms with E-state index in [-0.39, 0.29) is 42.9 Å². The van der Waals surface area contributed by atoms with Gasteiger partial charge in [0.25, 0.3) is 5.91 Å². The normalized spacial score (nSPS) is 14.3. The van der Waals surface area contributed by atoms with Crippen LogP contribution in [0.2, 0.25) is 0 Å². The Hall–Kier alpha value is -3.76. The lowest BCUT2D eigenvalue weighted by Gasteiger charge is -2.25. The number of sulfonamides is 1. The van der Waals surface area contributed by atoms with Gasteiger partial charge >= 0.3 is 0 Å². The quantitative estimate of drug-likeness (QED) is 0.507. The molecule has 1 aliphatic heterocycles. The fourth-order valence-electron chi connectivity index (χ4n) is 3.40. The van der Waals surface area contributed by atoms with Crippen molar-refractivity contribution in [3.63, 3.8) is 0 Å². The monoisotopic (exact) mass is 480 g/mol. The summed E-state index contributed by atoms with van der Waals surface area (Å²) in [5.41, 5.74) is 2.16. The van der Waals surface area contributed by atoms with E-state index in [0.717, 1.165) is 15.4 Å². The summed E-state index contributed by atoms with van der Waals surface area (Å²) in [6.45, 7) is 0.909. The smallest absolute Gasteiger partial charge is 0.251 e. The average Bonchev–Trinajstić information content (AvgIpc) is 2.87. The minimum Gasteiger partial charge on any atom is -0.473 e. The Labute approximate surface area is 197 Å². The lowest BCUT2D eigenvalue weighted by atomic mass is 10.2. The summed E-state index contributed by atoms with van der Waals surface area (Å²) >= 11 is 0. The van der Waals surface area contributed by atoms with Crippen molar-refractivity contribution in [3.8, 4) is 5.88 Å². The fourth-order valence-corrected chi connectivity index (χ4v) is 4.80. The van der Waals surface area contributed by atoms with E-state index in [1.807, 2.05) is 30.3 Å². The van der Waals surface area contributed by atoms with Gasteiger partial charge in [-0.1, -0.05) is 30.3 Å². The van der Waals surface area contributed by atoms with Gasteiger partial charge in [-0.25, -0.2) is 13.4 Å². The molecule has 0 radical (unpaired) electrons. The largest absolute Gasteiger partial charge is 0.473 e. The molecule has 3 aromatic rings. The lowest BCUT2D eigenvalue weighted by Crippen LogP contribution is -2.49. The molecule has 2 aromatic carbocycles. The number of nitrogens with zero attached hydrogens (tertiary/aromatic N) is 2. The molecule has 0 unspecified atom stereocenters. The molecular weight excluding hydrogens is 456 g/mol. The molecule has 34 heavy (non-hydrogen) atoms.